The summed E-state index contributed by atoms with van der Waals surface area (Å²) in [6.07, 6.45) is 2.55. The van der Waals surface area contributed by atoms with Crippen LogP contribution in [-0.2, 0) is 21.2 Å². The topological polar surface area (TPSA) is 101 Å². The van der Waals surface area contributed by atoms with E-state index in [0.717, 1.165) is 10.4 Å². The minimum atomic E-state index is -4.13. The lowest BCUT2D eigenvalue weighted by atomic mass is 10.0. The Labute approximate surface area is 210 Å². The Morgan fingerprint density at radius 2 is 1.86 bits per heavy atom. The van der Waals surface area contributed by atoms with Gasteiger partial charge < -0.3 is 9.52 Å². The van der Waals surface area contributed by atoms with Gasteiger partial charge in [0.2, 0.25) is 5.09 Å². The number of nitrogens with zero attached hydrogens (tertiary/aromatic N) is 2. The summed E-state index contributed by atoms with van der Waals surface area (Å²) < 4.78 is 73.6. The maximum atomic E-state index is 13.7. The Hall–Kier alpha value is -3.70. The van der Waals surface area contributed by atoms with Crippen LogP contribution in [0, 0.1) is 17.5 Å². The maximum Gasteiger partial charge on any atom is 0.277 e. The van der Waals surface area contributed by atoms with Gasteiger partial charge in [-0.05, 0) is 61.2 Å². The third-order valence-corrected chi connectivity index (χ3v) is 8.16. The van der Waals surface area contributed by atoms with Gasteiger partial charge in [0.1, 0.15) is 17.1 Å². The van der Waals surface area contributed by atoms with E-state index in [0.29, 0.717) is 29.9 Å². The van der Waals surface area contributed by atoms with Gasteiger partial charge in [0.25, 0.3) is 10.0 Å². The van der Waals surface area contributed by atoms with Gasteiger partial charge in [0, 0.05) is 42.2 Å². The number of aryl methyl sites for hydroxylation is 1. The zero-order valence-corrected chi connectivity index (χ0v) is 20.1. The molecule has 4 aromatic rings. The van der Waals surface area contributed by atoms with Gasteiger partial charge in [0.15, 0.2) is 17.4 Å². The van der Waals surface area contributed by atoms with Crippen molar-refractivity contribution in [2.75, 3.05) is 6.54 Å². The molecule has 2 aromatic carbocycles. The molecular formula is C26H21F3N2O5S. The van der Waals surface area contributed by atoms with Gasteiger partial charge in [-0.2, -0.15) is 4.31 Å². The monoisotopic (exact) mass is 530 g/mol. The van der Waals surface area contributed by atoms with Crippen LogP contribution in [0.15, 0.2) is 64.2 Å². The first kappa shape index (κ1) is 25.0. The van der Waals surface area contributed by atoms with E-state index in [2.05, 4.69) is 4.98 Å². The van der Waals surface area contributed by atoms with Crippen LogP contribution in [0.4, 0.5) is 13.2 Å². The van der Waals surface area contributed by atoms with Crippen LogP contribution in [0.5, 0.6) is 5.75 Å². The predicted octanol–water partition coefficient (Wildman–Crippen LogP) is 4.97. The number of pyridine rings is 1. The van der Waals surface area contributed by atoms with Crippen LogP contribution < -0.4 is 0 Å². The first-order valence-electron chi connectivity index (χ1n) is 11.5. The molecule has 1 fully saturated rings. The van der Waals surface area contributed by atoms with Crippen molar-refractivity contribution in [2.45, 2.75) is 36.8 Å². The highest BCUT2D eigenvalue weighted by Gasteiger charge is 2.40. The number of Topliss-reactive ketones (excluding diaryl/α,β-unsaturated/α-hetero) is 1. The summed E-state index contributed by atoms with van der Waals surface area (Å²) in [6.45, 7) is 0.152. The second-order valence-corrected chi connectivity index (χ2v) is 10.6. The van der Waals surface area contributed by atoms with Crippen molar-refractivity contribution in [2.24, 2.45) is 0 Å². The first-order valence-corrected chi connectivity index (χ1v) is 12.9. The van der Waals surface area contributed by atoms with Crippen molar-refractivity contribution < 1.29 is 35.9 Å². The number of phenols is 1. The molecule has 3 heterocycles. The Morgan fingerprint density at radius 1 is 1.08 bits per heavy atom. The van der Waals surface area contributed by atoms with E-state index >= 15 is 0 Å². The molecule has 1 N–H and O–H groups in total. The molecule has 1 saturated heterocycles. The highest BCUT2D eigenvalue weighted by molar-refractivity contribution is 7.89. The molecule has 1 atom stereocenters. The number of fused-ring (bicyclic) bond motifs is 1. The zero-order valence-electron chi connectivity index (χ0n) is 19.3. The summed E-state index contributed by atoms with van der Waals surface area (Å²) in [5.74, 6) is -3.59. The predicted molar refractivity (Wildman–Crippen MR) is 128 cm³/mol. The van der Waals surface area contributed by atoms with Crippen LogP contribution in [0.25, 0.3) is 22.2 Å². The van der Waals surface area contributed by atoms with Crippen LogP contribution in [0.1, 0.15) is 24.8 Å². The number of furan rings is 1. The smallest absolute Gasteiger partial charge is 0.277 e. The van der Waals surface area contributed by atoms with Gasteiger partial charge in [-0.3, -0.25) is 9.78 Å². The number of benzene rings is 2. The van der Waals surface area contributed by atoms with Crippen LogP contribution >= 0.6 is 0 Å². The number of aromatic hydroxyl groups is 1. The van der Waals surface area contributed by atoms with E-state index in [4.69, 9.17) is 4.42 Å². The number of ketones is 1. The highest BCUT2D eigenvalue weighted by Crippen LogP contribution is 2.32. The molecule has 11 heteroatoms. The fraction of sp³-hybridized carbons (Fsp3) is 0.231. The lowest BCUT2D eigenvalue weighted by Crippen LogP contribution is -2.40. The van der Waals surface area contributed by atoms with Crippen molar-refractivity contribution in [3.8, 4) is 17.0 Å². The maximum absolute atomic E-state index is 13.7. The molecule has 1 aliphatic heterocycles. The number of hydrogen-bond donors (Lipinski definition) is 1. The largest absolute Gasteiger partial charge is 0.507 e. The van der Waals surface area contributed by atoms with Crippen LogP contribution in [0.3, 0.4) is 0 Å². The number of carbonyl (C=O) groups is 1. The number of rotatable bonds is 7. The average Bonchev–Trinajstić information content (AvgIpc) is 3.53. The summed E-state index contributed by atoms with van der Waals surface area (Å²) in [7, 11) is -4.13. The molecule has 2 aromatic heterocycles. The number of aromatic nitrogens is 1. The molecule has 5 rings (SSSR count). The fourth-order valence-electron chi connectivity index (χ4n) is 4.53. The average molecular weight is 531 g/mol. The molecular weight excluding hydrogens is 509 g/mol. The Morgan fingerprint density at radius 3 is 2.68 bits per heavy atom. The number of sulfonamides is 1. The van der Waals surface area contributed by atoms with Crippen molar-refractivity contribution in [1.29, 1.82) is 0 Å². The molecule has 0 spiro atoms. The van der Waals surface area contributed by atoms with E-state index in [1.54, 1.807) is 12.1 Å². The first-order chi connectivity index (χ1) is 17.6. The molecule has 1 aliphatic rings. The van der Waals surface area contributed by atoms with Gasteiger partial charge >= 0.3 is 0 Å². The quantitative estimate of drug-likeness (QED) is 0.362. The zero-order chi connectivity index (χ0) is 26.3. The molecule has 0 amide bonds. The summed E-state index contributed by atoms with van der Waals surface area (Å²) in [5.41, 5.74) is 1.08. The van der Waals surface area contributed by atoms with Gasteiger partial charge in [-0.15, -0.1) is 0 Å². The second kappa shape index (κ2) is 9.64. The standard InChI is InChI=1S/C26H21F3N2O5S/c27-17-4-6-25-16(11-17)12-26(36-25)37(34,35)31-9-1-2-22(31)23(32)5-3-15-7-8-30-21(10-15)18-13-19(28)20(29)14-24(18)33/h4,6-8,10-14,22,33H,1-3,5,9H2/t22-/m0/s1. The third kappa shape index (κ3) is 4.84. The molecule has 0 aliphatic carbocycles. The molecule has 0 saturated carbocycles. The minimum absolute atomic E-state index is 0.00542. The van der Waals surface area contributed by atoms with Crippen LogP contribution in [0.2, 0.25) is 0 Å². The molecule has 37 heavy (non-hydrogen) atoms. The van der Waals surface area contributed by atoms with Crippen molar-refractivity contribution in [3.05, 3.63) is 77.7 Å². The summed E-state index contributed by atoms with van der Waals surface area (Å²) in [5, 5.41) is 9.95. The molecule has 192 valence electrons. The van der Waals surface area contributed by atoms with E-state index in [1.165, 1.54) is 30.5 Å². The van der Waals surface area contributed by atoms with Gasteiger partial charge in [-0.25, -0.2) is 21.6 Å². The lowest BCUT2D eigenvalue weighted by molar-refractivity contribution is -0.122. The second-order valence-electron chi connectivity index (χ2n) is 8.82. The summed E-state index contributed by atoms with van der Waals surface area (Å²) in [6, 6.07) is 8.77. The van der Waals surface area contributed by atoms with E-state index < -0.39 is 39.3 Å². The number of phenolic OH excluding ortho intramolecular Hbond substituents is 1. The van der Waals surface area contributed by atoms with Gasteiger partial charge in [0.05, 0.1) is 11.7 Å². The SMILES string of the molecule is O=C(CCc1ccnc(-c2cc(F)c(F)cc2O)c1)[C@@H]1CCCN1S(=O)(=O)c1cc2cc(F)ccc2o1. The van der Waals surface area contributed by atoms with E-state index in [9.17, 15) is 31.5 Å². The lowest BCUT2D eigenvalue weighted by Gasteiger charge is -2.21. The normalized spacial score (nSPS) is 16.5. The Balaban J connectivity index is 1.32. The minimum Gasteiger partial charge on any atom is -0.507 e. The molecule has 0 bridgehead atoms. The van der Waals surface area contributed by atoms with Crippen molar-refractivity contribution >= 4 is 26.8 Å². The van der Waals surface area contributed by atoms with Gasteiger partial charge in [-0.1, -0.05) is 0 Å². The van der Waals surface area contributed by atoms with Crippen LogP contribution in [-0.4, -0.2) is 41.2 Å². The fourth-order valence-corrected chi connectivity index (χ4v) is 6.16. The van der Waals surface area contributed by atoms with E-state index in [1.807, 2.05) is 0 Å². The Kier molecular flexibility index (Phi) is 6.50. The third-order valence-electron chi connectivity index (χ3n) is 6.39. The highest BCUT2D eigenvalue weighted by atomic mass is 32.2. The van der Waals surface area contributed by atoms with E-state index in [-0.39, 0.29) is 47.1 Å². The molecule has 0 radical (unpaired) electrons. The number of hydrogen-bond acceptors (Lipinski definition) is 6. The molecule has 7 nitrogen and oxygen atoms in total. The molecule has 0 unspecified atom stereocenters. The summed E-state index contributed by atoms with van der Waals surface area (Å²) in [4.78, 5) is 17.2. The number of carbonyl (C=O) groups excluding carboxylic acids is 1. The van der Waals surface area contributed by atoms with Crippen molar-refractivity contribution in [3.63, 3.8) is 0 Å². The Bertz CT molecular complexity index is 1620. The summed E-state index contributed by atoms with van der Waals surface area (Å²) >= 11 is 0. The van der Waals surface area contributed by atoms with Crippen molar-refractivity contribution in [1.82, 2.24) is 9.29 Å². The number of halogens is 3.